The van der Waals surface area contributed by atoms with Gasteiger partial charge in [0.2, 0.25) is 5.91 Å². The Morgan fingerprint density at radius 2 is 2.00 bits per heavy atom. The number of benzene rings is 2. The highest BCUT2D eigenvalue weighted by Gasteiger charge is 2.27. The zero-order valence-electron chi connectivity index (χ0n) is 17.5. The lowest BCUT2D eigenvalue weighted by atomic mass is 10.1. The van der Waals surface area contributed by atoms with Gasteiger partial charge in [0.1, 0.15) is 5.75 Å². The van der Waals surface area contributed by atoms with Gasteiger partial charge in [0, 0.05) is 17.3 Å². The first kappa shape index (κ1) is 20.5. The zero-order chi connectivity index (χ0) is 21.1. The minimum absolute atomic E-state index is 0.0425. The Kier molecular flexibility index (Phi) is 6.08. The fourth-order valence-electron chi connectivity index (χ4n) is 3.17. The quantitative estimate of drug-likeness (QED) is 0.545. The van der Waals surface area contributed by atoms with Crippen LogP contribution in [0.25, 0.3) is 17.1 Å². The van der Waals surface area contributed by atoms with E-state index in [4.69, 9.17) is 4.74 Å². The highest BCUT2D eigenvalue weighted by molar-refractivity contribution is 8.00. The highest BCUT2D eigenvalue weighted by Crippen LogP contribution is 2.31. The fraction of sp³-hybridized carbons (Fsp3) is 0.348. The van der Waals surface area contributed by atoms with E-state index in [1.807, 2.05) is 54.8 Å². The van der Waals surface area contributed by atoms with Gasteiger partial charge in [-0.15, -0.1) is 10.2 Å². The molecule has 30 heavy (non-hydrogen) atoms. The minimum Gasteiger partial charge on any atom is -0.494 e. The van der Waals surface area contributed by atoms with Crippen LogP contribution < -0.4 is 10.1 Å². The van der Waals surface area contributed by atoms with Crippen LogP contribution in [0.4, 0.5) is 0 Å². The number of nitrogens with zero attached hydrogens (tertiary/aromatic N) is 3. The number of aromatic nitrogens is 3. The van der Waals surface area contributed by atoms with Crippen molar-refractivity contribution in [2.45, 2.75) is 50.1 Å². The number of hydrogen-bond acceptors (Lipinski definition) is 5. The predicted octanol–water partition coefficient (Wildman–Crippen LogP) is 4.40. The third kappa shape index (κ3) is 4.67. The topological polar surface area (TPSA) is 69.0 Å². The average molecular weight is 423 g/mol. The van der Waals surface area contributed by atoms with E-state index in [0.29, 0.717) is 17.8 Å². The molecule has 0 radical (unpaired) electrons. The van der Waals surface area contributed by atoms with Gasteiger partial charge in [0.15, 0.2) is 11.0 Å². The standard InChI is InChI=1S/C23H26N4O2S/c1-4-29-20-12-10-19(11-13-20)27-21(17-7-5-6-15(2)14-17)25-26-23(27)30-16(3)22(28)24-18-8-9-18/h5-7,10-14,16,18H,4,8-9H2,1-3H3,(H,24,28)/t16-/m1/s1. The number of nitrogens with one attached hydrogen (secondary N) is 1. The van der Waals surface area contributed by atoms with E-state index in [1.54, 1.807) is 0 Å². The van der Waals surface area contributed by atoms with Gasteiger partial charge in [-0.3, -0.25) is 9.36 Å². The maximum atomic E-state index is 12.5. The maximum absolute atomic E-state index is 12.5. The molecule has 156 valence electrons. The summed E-state index contributed by atoms with van der Waals surface area (Å²) in [5.41, 5.74) is 3.07. The van der Waals surface area contributed by atoms with Crippen LogP contribution in [0.15, 0.2) is 53.7 Å². The van der Waals surface area contributed by atoms with Gasteiger partial charge in [0.25, 0.3) is 0 Å². The summed E-state index contributed by atoms with van der Waals surface area (Å²) in [6.07, 6.45) is 2.14. The molecule has 1 saturated carbocycles. The molecule has 1 N–H and O–H groups in total. The molecular formula is C23H26N4O2S. The van der Waals surface area contributed by atoms with Gasteiger partial charge in [-0.1, -0.05) is 35.5 Å². The first-order chi connectivity index (χ1) is 14.5. The molecule has 1 aromatic heterocycles. The normalized spacial score (nSPS) is 14.4. The van der Waals surface area contributed by atoms with E-state index in [-0.39, 0.29) is 11.2 Å². The summed E-state index contributed by atoms with van der Waals surface area (Å²) in [6, 6.07) is 16.4. The fourth-order valence-corrected chi connectivity index (χ4v) is 4.04. The van der Waals surface area contributed by atoms with Crippen LogP contribution in [0.5, 0.6) is 5.75 Å². The molecule has 1 aliphatic rings. The summed E-state index contributed by atoms with van der Waals surface area (Å²) >= 11 is 1.42. The molecule has 1 atom stereocenters. The molecule has 3 aromatic rings. The molecule has 0 aliphatic heterocycles. The number of hydrogen-bond donors (Lipinski definition) is 1. The van der Waals surface area contributed by atoms with Crippen LogP contribution >= 0.6 is 11.8 Å². The van der Waals surface area contributed by atoms with E-state index in [9.17, 15) is 4.79 Å². The summed E-state index contributed by atoms with van der Waals surface area (Å²) in [4.78, 5) is 12.5. The van der Waals surface area contributed by atoms with Crippen molar-refractivity contribution < 1.29 is 9.53 Å². The molecular weight excluding hydrogens is 396 g/mol. The highest BCUT2D eigenvalue weighted by atomic mass is 32.2. The summed E-state index contributed by atoms with van der Waals surface area (Å²) in [7, 11) is 0. The largest absolute Gasteiger partial charge is 0.494 e. The molecule has 7 heteroatoms. The van der Waals surface area contributed by atoms with Crippen molar-refractivity contribution in [3.05, 3.63) is 54.1 Å². The van der Waals surface area contributed by atoms with E-state index in [2.05, 4.69) is 34.6 Å². The molecule has 0 saturated heterocycles. The summed E-state index contributed by atoms with van der Waals surface area (Å²) in [5.74, 6) is 1.61. The van der Waals surface area contributed by atoms with Crippen molar-refractivity contribution in [2.75, 3.05) is 6.61 Å². The minimum atomic E-state index is -0.262. The second-order valence-corrected chi connectivity index (χ2v) is 8.79. The van der Waals surface area contributed by atoms with Crippen LogP contribution in [0.3, 0.4) is 0 Å². The number of amides is 1. The molecule has 1 aliphatic carbocycles. The van der Waals surface area contributed by atoms with Crippen molar-refractivity contribution in [1.29, 1.82) is 0 Å². The Morgan fingerprint density at radius 3 is 2.67 bits per heavy atom. The van der Waals surface area contributed by atoms with Gasteiger partial charge in [-0.05, 0) is 63.9 Å². The summed E-state index contributed by atoms with van der Waals surface area (Å²) in [6.45, 7) is 6.55. The second kappa shape index (κ2) is 8.92. The first-order valence-corrected chi connectivity index (χ1v) is 11.2. The van der Waals surface area contributed by atoms with E-state index >= 15 is 0 Å². The number of carbonyl (C=O) groups is 1. The van der Waals surface area contributed by atoms with Gasteiger partial charge in [-0.25, -0.2) is 0 Å². The van der Waals surface area contributed by atoms with Gasteiger partial charge >= 0.3 is 0 Å². The Hall–Kier alpha value is -2.80. The number of aryl methyl sites for hydroxylation is 1. The van der Waals surface area contributed by atoms with Gasteiger partial charge in [-0.2, -0.15) is 0 Å². The molecule has 0 bridgehead atoms. The molecule has 0 unspecified atom stereocenters. The molecule has 4 rings (SSSR count). The smallest absolute Gasteiger partial charge is 0.233 e. The van der Waals surface area contributed by atoms with Crippen LogP contribution in [0, 0.1) is 6.92 Å². The van der Waals surface area contributed by atoms with Crippen molar-refractivity contribution in [3.63, 3.8) is 0 Å². The Labute approximate surface area is 181 Å². The first-order valence-electron chi connectivity index (χ1n) is 10.3. The number of ether oxygens (including phenoxy) is 1. The van der Waals surface area contributed by atoms with E-state index in [0.717, 1.165) is 41.2 Å². The monoisotopic (exact) mass is 422 g/mol. The molecule has 6 nitrogen and oxygen atoms in total. The zero-order valence-corrected chi connectivity index (χ0v) is 18.3. The number of thioether (sulfide) groups is 1. The second-order valence-electron chi connectivity index (χ2n) is 7.48. The van der Waals surface area contributed by atoms with Crippen LogP contribution in [-0.4, -0.2) is 38.6 Å². The molecule has 0 spiro atoms. The molecule has 1 fully saturated rings. The Bertz CT molecular complexity index is 1030. The van der Waals surface area contributed by atoms with Crippen molar-refractivity contribution in [3.8, 4) is 22.8 Å². The molecule has 1 amide bonds. The predicted molar refractivity (Wildman–Crippen MR) is 119 cm³/mol. The van der Waals surface area contributed by atoms with Crippen LogP contribution in [0.2, 0.25) is 0 Å². The summed E-state index contributed by atoms with van der Waals surface area (Å²) < 4.78 is 7.59. The van der Waals surface area contributed by atoms with E-state index in [1.165, 1.54) is 11.8 Å². The SMILES string of the molecule is CCOc1ccc(-n2c(S[C@H](C)C(=O)NC3CC3)nnc2-c2cccc(C)c2)cc1. The van der Waals surface area contributed by atoms with Crippen molar-refractivity contribution >= 4 is 17.7 Å². The van der Waals surface area contributed by atoms with Crippen molar-refractivity contribution in [2.24, 2.45) is 0 Å². The third-order valence-electron chi connectivity index (χ3n) is 4.89. The number of rotatable bonds is 8. The number of carbonyl (C=O) groups excluding carboxylic acids is 1. The van der Waals surface area contributed by atoms with Gasteiger partial charge in [0.05, 0.1) is 11.9 Å². The van der Waals surface area contributed by atoms with Crippen molar-refractivity contribution in [1.82, 2.24) is 20.1 Å². The Morgan fingerprint density at radius 1 is 1.23 bits per heavy atom. The lowest BCUT2D eigenvalue weighted by Crippen LogP contribution is -2.32. The average Bonchev–Trinajstić information content (AvgIpc) is 3.46. The van der Waals surface area contributed by atoms with Crippen LogP contribution in [-0.2, 0) is 4.79 Å². The molecule has 1 heterocycles. The summed E-state index contributed by atoms with van der Waals surface area (Å²) in [5, 5.41) is 12.4. The Balaban J connectivity index is 1.69. The lowest BCUT2D eigenvalue weighted by Gasteiger charge is -2.14. The van der Waals surface area contributed by atoms with Gasteiger partial charge < -0.3 is 10.1 Å². The lowest BCUT2D eigenvalue weighted by molar-refractivity contribution is -0.120. The maximum Gasteiger partial charge on any atom is 0.233 e. The molecule has 2 aromatic carbocycles. The van der Waals surface area contributed by atoms with E-state index < -0.39 is 0 Å². The third-order valence-corrected chi connectivity index (χ3v) is 5.93. The van der Waals surface area contributed by atoms with Crippen LogP contribution in [0.1, 0.15) is 32.3 Å².